The molecular weight excluding hydrogens is 441 g/mol. The summed E-state index contributed by atoms with van der Waals surface area (Å²) in [5.74, 6) is 2.46. The SMILES string of the molecule is COc1cc2c(NCc3cccnc3)nc(N3CCCC3)nc2cc1I. The van der Waals surface area contributed by atoms with E-state index in [0.717, 1.165) is 50.6 Å². The molecule has 0 unspecified atom stereocenters. The highest BCUT2D eigenvalue weighted by molar-refractivity contribution is 14.1. The van der Waals surface area contributed by atoms with E-state index in [0.29, 0.717) is 6.54 Å². The molecule has 0 saturated carbocycles. The number of benzene rings is 1. The van der Waals surface area contributed by atoms with Crippen molar-refractivity contribution in [1.82, 2.24) is 15.0 Å². The molecule has 0 atom stereocenters. The number of nitrogens with zero attached hydrogens (tertiary/aromatic N) is 4. The third-order valence-electron chi connectivity index (χ3n) is 4.53. The second-order valence-electron chi connectivity index (χ2n) is 6.29. The molecule has 0 amide bonds. The molecule has 3 heterocycles. The summed E-state index contributed by atoms with van der Waals surface area (Å²) in [4.78, 5) is 16.1. The van der Waals surface area contributed by atoms with E-state index < -0.39 is 0 Å². The third-order valence-corrected chi connectivity index (χ3v) is 5.37. The van der Waals surface area contributed by atoms with Crippen LogP contribution in [0.15, 0.2) is 36.7 Å². The van der Waals surface area contributed by atoms with E-state index in [1.54, 1.807) is 13.3 Å². The lowest BCUT2D eigenvalue weighted by Gasteiger charge is -2.18. The van der Waals surface area contributed by atoms with Gasteiger partial charge in [-0.1, -0.05) is 6.07 Å². The molecule has 0 bridgehead atoms. The van der Waals surface area contributed by atoms with Crippen molar-refractivity contribution in [3.63, 3.8) is 0 Å². The maximum atomic E-state index is 5.49. The van der Waals surface area contributed by atoms with E-state index in [1.165, 1.54) is 12.8 Å². The van der Waals surface area contributed by atoms with E-state index in [1.807, 2.05) is 24.4 Å². The van der Waals surface area contributed by atoms with Crippen LogP contribution in [-0.2, 0) is 6.54 Å². The van der Waals surface area contributed by atoms with Crippen molar-refractivity contribution in [3.05, 3.63) is 45.8 Å². The molecule has 26 heavy (non-hydrogen) atoms. The van der Waals surface area contributed by atoms with Gasteiger partial charge in [0.2, 0.25) is 5.95 Å². The van der Waals surface area contributed by atoms with Crippen molar-refractivity contribution in [2.24, 2.45) is 0 Å². The van der Waals surface area contributed by atoms with Crippen LogP contribution < -0.4 is 15.0 Å². The van der Waals surface area contributed by atoms with Gasteiger partial charge in [-0.15, -0.1) is 0 Å². The lowest BCUT2D eigenvalue weighted by Crippen LogP contribution is -2.21. The first-order chi connectivity index (χ1) is 12.7. The number of hydrogen-bond acceptors (Lipinski definition) is 6. The Labute approximate surface area is 166 Å². The number of methoxy groups -OCH3 is 1. The summed E-state index contributed by atoms with van der Waals surface area (Å²) >= 11 is 2.28. The number of halogens is 1. The number of rotatable bonds is 5. The van der Waals surface area contributed by atoms with Crippen molar-refractivity contribution in [2.45, 2.75) is 19.4 Å². The fourth-order valence-electron chi connectivity index (χ4n) is 3.16. The Morgan fingerprint density at radius 1 is 1.23 bits per heavy atom. The minimum absolute atomic E-state index is 0.660. The molecule has 6 nitrogen and oxygen atoms in total. The van der Waals surface area contributed by atoms with Crippen molar-refractivity contribution in [3.8, 4) is 5.75 Å². The topological polar surface area (TPSA) is 63.2 Å². The molecule has 1 fully saturated rings. The summed E-state index contributed by atoms with van der Waals surface area (Å²) in [5, 5.41) is 4.43. The highest BCUT2D eigenvalue weighted by atomic mass is 127. The molecule has 3 aromatic rings. The van der Waals surface area contributed by atoms with Gasteiger partial charge in [0.15, 0.2) is 0 Å². The molecule has 0 radical (unpaired) electrons. The van der Waals surface area contributed by atoms with E-state index in [-0.39, 0.29) is 0 Å². The van der Waals surface area contributed by atoms with Gasteiger partial charge in [-0.2, -0.15) is 4.98 Å². The maximum absolute atomic E-state index is 5.49. The van der Waals surface area contributed by atoms with Gasteiger partial charge in [0.1, 0.15) is 11.6 Å². The van der Waals surface area contributed by atoms with Crippen LogP contribution in [0.25, 0.3) is 10.9 Å². The second-order valence-corrected chi connectivity index (χ2v) is 7.45. The van der Waals surface area contributed by atoms with Gasteiger partial charge in [-0.25, -0.2) is 4.98 Å². The first-order valence-corrected chi connectivity index (χ1v) is 9.75. The number of nitrogens with one attached hydrogen (secondary N) is 1. The monoisotopic (exact) mass is 461 g/mol. The Hall–Kier alpha value is -2.16. The van der Waals surface area contributed by atoms with Crippen LogP contribution in [0.5, 0.6) is 5.75 Å². The Balaban J connectivity index is 1.75. The van der Waals surface area contributed by atoms with E-state index in [2.05, 4.69) is 43.9 Å². The van der Waals surface area contributed by atoms with Crippen LogP contribution >= 0.6 is 22.6 Å². The molecule has 4 rings (SSSR count). The molecule has 0 aliphatic carbocycles. The Morgan fingerprint density at radius 3 is 2.81 bits per heavy atom. The molecule has 1 aromatic carbocycles. The molecule has 134 valence electrons. The fourth-order valence-corrected chi connectivity index (χ4v) is 3.83. The molecule has 1 saturated heterocycles. The molecule has 0 spiro atoms. The fraction of sp³-hybridized carbons (Fsp3) is 0.316. The first-order valence-electron chi connectivity index (χ1n) is 8.67. The van der Waals surface area contributed by atoms with Crippen molar-refractivity contribution >= 4 is 45.3 Å². The van der Waals surface area contributed by atoms with Crippen molar-refractivity contribution in [1.29, 1.82) is 0 Å². The predicted molar refractivity (Wildman–Crippen MR) is 112 cm³/mol. The zero-order valence-electron chi connectivity index (χ0n) is 14.6. The minimum Gasteiger partial charge on any atom is -0.496 e. The summed E-state index contributed by atoms with van der Waals surface area (Å²) in [6.07, 6.45) is 6.03. The maximum Gasteiger partial charge on any atom is 0.227 e. The molecule has 1 aliphatic rings. The molecule has 7 heteroatoms. The number of fused-ring (bicyclic) bond motifs is 1. The zero-order valence-corrected chi connectivity index (χ0v) is 16.7. The highest BCUT2D eigenvalue weighted by Gasteiger charge is 2.18. The van der Waals surface area contributed by atoms with Crippen LogP contribution in [0.4, 0.5) is 11.8 Å². The van der Waals surface area contributed by atoms with Crippen LogP contribution in [0.3, 0.4) is 0 Å². The lowest BCUT2D eigenvalue weighted by atomic mass is 10.2. The van der Waals surface area contributed by atoms with Crippen molar-refractivity contribution in [2.75, 3.05) is 30.4 Å². The molecule has 1 aliphatic heterocycles. The average Bonchev–Trinajstić information content (AvgIpc) is 3.21. The van der Waals surface area contributed by atoms with E-state index in [4.69, 9.17) is 14.7 Å². The average molecular weight is 461 g/mol. The second kappa shape index (κ2) is 7.61. The van der Waals surface area contributed by atoms with Crippen LogP contribution in [-0.4, -0.2) is 35.2 Å². The molecular formula is C19H20IN5O. The predicted octanol–water partition coefficient (Wildman–Crippen LogP) is 3.85. The van der Waals surface area contributed by atoms with Gasteiger partial charge in [-0.3, -0.25) is 4.98 Å². The summed E-state index contributed by atoms with van der Waals surface area (Å²) in [5.41, 5.74) is 2.04. The van der Waals surface area contributed by atoms with Crippen LogP contribution in [0.2, 0.25) is 0 Å². The standard InChI is InChI=1S/C19H20IN5O/c1-26-17-9-14-16(10-15(17)20)23-19(25-7-2-3-8-25)24-18(14)22-12-13-5-4-6-21-11-13/h4-6,9-11H,2-3,7-8,12H2,1H3,(H,22,23,24). The van der Waals surface area contributed by atoms with Gasteiger partial charge >= 0.3 is 0 Å². The minimum atomic E-state index is 0.660. The van der Waals surface area contributed by atoms with Crippen molar-refractivity contribution < 1.29 is 4.74 Å². The molecule has 1 N–H and O–H groups in total. The lowest BCUT2D eigenvalue weighted by molar-refractivity contribution is 0.412. The van der Waals surface area contributed by atoms with Gasteiger partial charge in [-0.05, 0) is 59.2 Å². The summed E-state index contributed by atoms with van der Waals surface area (Å²) in [6.45, 7) is 2.69. The summed E-state index contributed by atoms with van der Waals surface area (Å²) in [6, 6.07) is 8.06. The largest absolute Gasteiger partial charge is 0.496 e. The Morgan fingerprint density at radius 2 is 2.08 bits per heavy atom. The Bertz CT molecular complexity index is 913. The number of anilines is 2. The van der Waals surface area contributed by atoms with E-state index >= 15 is 0 Å². The molecule has 2 aromatic heterocycles. The summed E-state index contributed by atoms with van der Waals surface area (Å²) < 4.78 is 6.53. The van der Waals surface area contributed by atoms with Gasteiger partial charge in [0.25, 0.3) is 0 Å². The van der Waals surface area contributed by atoms with Gasteiger partial charge < -0.3 is 15.0 Å². The van der Waals surface area contributed by atoms with Gasteiger partial charge in [0, 0.05) is 37.4 Å². The number of hydrogen-bond donors (Lipinski definition) is 1. The smallest absolute Gasteiger partial charge is 0.227 e. The highest BCUT2D eigenvalue weighted by Crippen LogP contribution is 2.32. The van der Waals surface area contributed by atoms with Crippen LogP contribution in [0, 0.1) is 3.57 Å². The third kappa shape index (κ3) is 3.53. The zero-order chi connectivity index (χ0) is 17.9. The first kappa shape index (κ1) is 17.3. The number of pyridine rings is 1. The van der Waals surface area contributed by atoms with Gasteiger partial charge in [0.05, 0.1) is 16.2 Å². The van der Waals surface area contributed by atoms with E-state index in [9.17, 15) is 0 Å². The van der Waals surface area contributed by atoms with Crippen LogP contribution in [0.1, 0.15) is 18.4 Å². The number of aromatic nitrogens is 3. The quantitative estimate of drug-likeness (QED) is 0.583. The number of ether oxygens (including phenoxy) is 1. The summed E-state index contributed by atoms with van der Waals surface area (Å²) in [7, 11) is 1.69. The Kier molecular flexibility index (Phi) is 5.05. The normalized spacial score (nSPS) is 14.0.